The lowest BCUT2D eigenvalue weighted by molar-refractivity contribution is 0.0954. The summed E-state index contributed by atoms with van der Waals surface area (Å²) in [6, 6.07) is 12.8. The lowest BCUT2D eigenvalue weighted by Crippen LogP contribution is -2.46. The van der Waals surface area contributed by atoms with E-state index >= 15 is 0 Å². The molecule has 162 valence electrons. The Balaban J connectivity index is 0.00000320. The molecule has 1 fully saturated rings. The number of guanidine groups is 1. The highest BCUT2D eigenvalue weighted by atomic mass is 127. The number of carbonyl (C=O) groups is 1. The molecule has 1 amide bonds. The fourth-order valence-corrected chi connectivity index (χ4v) is 3.27. The number of amides is 1. The maximum absolute atomic E-state index is 14.0. The molecule has 0 bridgehead atoms. The summed E-state index contributed by atoms with van der Waals surface area (Å²) >= 11 is 0. The van der Waals surface area contributed by atoms with Gasteiger partial charge in [0.25, 0.3) is 5.91 Å². The van der Waals surface area contributed by atoms with E-state index in [2.05, 4.69) is 20.9 Å². The van der Waals surface area contributed by atoms with Gasteiger partial charge in [0.1, 0.15) is 11.6 Å². The molecule has 9 heteroatoms. The molecule has 1 aliphatic heterocycles. The molecule has 3 rings (SSSR count). The molecule has 1 heterocycles. The average molecular weight is 529 g/mol. The van der Waals surface area contributed by atoms with Gasteiger partial charge in [-0.05, 0) is 30.7 Å². The highest BCUT2D eigenvalue weighted by Crippen LogP contribution is 2.24. The van der Waals surface area contributed by atoms with Crippen molar-refractivity contribution in [3.63, 3.8) is 0 Å². The van der Waals surface area contributed by atoms with Crippen LogP contribution in [0, 0.1) is 11.6 Å². The first kappa shape index (κ1) is 23.8. The Morgan fingerprint density at radius 2 is 1.87 bits per heavy atom. The van der Waals surface area contributed by atoms with Gasteiger partial charge < -0.3 is 20.9 Å². The first-order valence-corrected chi connectivity index (χ1v) is 9.57. The maximum atomic E-state index is 14.0. The van der Waals surface area contributed by atoms with Gasteiger partial charge in [-0.15, -0.1) is 24.0 Å². The number of anilines is 1. The monoisotopic (exact) mass is 529 g/mol. The number of aliphatic imine (C=N–C) groups is 1. The van der Waals surface area contributed by atoms with Crippen LogP contribution in [0.5, 0.6) is 0 Å². The van der Waals surface area contributed by atoms with Gasteiger partial charge in [0, 0.05) is 50.9 Å². The number of hydrogen-bond donors (Lipinski definition) is 3. The Bertz CT molecular complexity index is 866. The quantitative estimate of drug-likeness (QED) is 0.233. The van der Waals surface area contributed by atoms with Crippen molar-refractivity contribution in [2.24, 2.45) is 4.99 Å². The molecule has 0 spiro atoms. The first-order valence-electron chi connectivity index (χ1n) is 9.57. The lowest BCUT2D eigenvalue weighted by atomic mass is 10.2. The minimum atomic E-state index is -0.580. The Kier molecular flexibility index (Phi) is 9.28. The smallest absolute Gasteiger partial charge is 0.251 e. The molecule has 30 heavy (non-hydrogen) atoms. The van der Waals surface area contributed by atoms with Crippen molar-refractivity contribution in [3.05, 3.63) is 65.7 Å². The van der Waals surface area contributed by atoms with Crippen LogP contribution in [0.25, 0.3) is 0 Å². The van der Waals surface area contributed by atoms with Crippen molar-refractivity contribution in [1.82, 2.24) is 16.0 Å². The minimum absolute atomic E-state index is 0. The van der Waals surface area contributed by atoms with Gasteiger partial charge in [-0.25, -0.2) is 8.78 Å². The predicted molar refractivity (Wildman–Crippen MR) is 126 cm³/mol. The SMILES string of the molecule is CN=C(NCCNC(=O)c1ccccc1)NC1CCN(c2ccc(F)cc2F)C1.I. The number of rotatable bonds is 6. The Hall–Kier alpha value is -2.43. The van der Waals surface area contributed by atoms with Crippen LogP contribution in [-0.2, 0) is 0 Å². The van der Waals surface area contributed by atoms with E-state index in [0.717, 1.165) is 12.5 Å². The number of carbonyl (C=O) groups excluding carboxylic acids is 1. The van der Waals surface area contributed by atoms with E-state index in [1.54, 1.807) is 19.2 Å². The summed E-state index contributed by atoms with van der Waals surface area (Å²) in [6.45, 7) is 2.23. The van der Waals surface area contributed by atoms with Crippen molar-refractivity contribution in [2.75, 3.05) is 38.1 Å². The second kappa shape index (κ2) is 11.7. The topological polar surface area (TPSA) is 68.8 Å². The molecule has 1 aliphatic rings. The number of benzene rings is 2. The zero-order valence-corrected chi connectivity index (χ0v) is 19.0. The highest BCUT2D eigenvalue weighted by molar-refractivity contribution is 14.0. The third kappa shape index (κ3) is 6.54. The van der Waals surface area contributed by atoms with Crippen LogP contribution >= 0.6 is 24.0 Å². The summed E-state index contributed by atoms with van der Waals surface area (Å²) in [7, 11) is 1.67. The molecule has 0 aromatic heterocycles. The molecule has 2 aromatic carbocycles. The van der Waals surface area contributed by atoms with E-state index in [9.17, 15) is 13.6 Å². The third-order valence-corrected chi connectivity index (χ3v) is 4.74. The highest BCUT2D eigenvalue weighted by Gasteiger charge is 2.25. The fourth-order valence-electron chi connectivity index (χ4n) is 3.27. The Labute approximate surface area is 192 Å². The van der Waals surface area contributed by atoms with Crippen molar-refractivity contribution in [3.8, 4) is 0 Å². The second-order valence-corrected chi connectivity index (χ2v) is 6.79. The molecule has 6 nitrogen and oxygen atoms in total. The summed E-state index contributed by atoms with van der Waals surface area (Å²) < 4.78 is 27.1. The summed E-state index contributed by atoms with van der Waals surface area (Å²) in [5.41, 5.74) is 1.02. The number of hydrogen-bond acceptors (Lipinski definition) is 3. The molecule has 0 radical (unpaired) electrons. The van der Waals surface area contributed by atoms with Gasteiger partial charge in [0.15, 0.2) is 5.96 Å². The summed E-state index contributed by atoms with van der Waals surface area (Å²) in [6.07, 6.45) is 0.808. The van der Waals surface area contributed by atoms with Crippen molar-refractivity contribution in [1.29, 1.82) is 0 Å². The van der Waals surface area contributed by atoms with E-state index in [-0.39, 0.29) is 35.9 Å². The molecule has 1 unspecified atom stereocenters. The number of halogens is 3. The van der Waals surface area contributed by atoms with E-state index in [1.807, 2.05) is 23.1 Å². The van der Waals surface area contributed by atoms with Gasteiger partial charge in [0.05, 0.1) is 5.69 Å². The summed E-state index contributed by atoms with van der Waals surface area (Å²) in [5, 5.41) is 9.31. The average Bonchev–Trinajstić information content (AvgIpc) is 3.18. The van der Waals surface area contributed by atoms with Crippen LogP contribution < -0.4 is 20.9 Å². The predicted octanol–water partition coefficient (Wildman–Crippen LogP) is 2.76. The van der Waals surface area contributed by atoms with Crippen LogP contribution in [0.1, 0.15) is 16.8 Å². The van der Waals surface area contributed by atoms with Gasteiger partial charge in [0.2, 0.25) is 0 Å². The van der Waals surface area contributed by atoms with Gasteiger partial charge >= 0.3 is 0 Å². The largest absolute Gasteiger partial charge is 0.367 e. The molecule has 1 atom stereocenters. The van der Waals surface area contributed by atoms with Crippen LogP contribution in [0.3, 0.4) is 0 Å². The normalized spacial score (nSPS) is 16.0. The van der Waals surface area contributed by atoms with Gasteiger partial charge in [-0.1, -0.05) is 18.2 Å². The van der Waals surface area contributed by atoms with Crippen LogP contribution in [0.4, 0.5) is 14.5 Å². The first-order chi connectivity index (χ1) is 14.1. The summed E-state index contributed by atoms with van der Waals surface area (Å²) in [4.78, 5) is 18.1. The number of nitrogens with one attached hydrogen (secondary N) is 3. The molecular formula is C21H26F2IN5O. The zero-order valence-electron chi connectivity index (χ0n) is 16.7. The van der Waals surface area contributed by atoms with Gasteiger partial charge in [-0.2, -0.15) is 0 Å². The van der Waals surface area contributed by atoms with E-state index in [0.29, 0.717) is 43.4 Å². The van der Waals surface area contributed by atoms with Crippen molar-refractivity contribution < 1.29 is 13.6 Å². The van der Waals surface area contributed by atoms with Crippen LogP contribution in [0.2, 0.25) is 0 Å². The molecular weight excluding hydrogens is 503 g/mol. The second-order valence-electron chi connectivity index (χ2n) is 6.79. The zero-order chi connectivity index (χ0) is 20.6. The van der Waals surface area contributed by atoms with Gasteiger partial charge in [-0.3, -0.25) is 9.79 Å². The van der Waals surface area contributed by atoms with E-state index in [1.165, 1.54) is 12.1 Å². The Morgan fingerprint density at radius 1 is 1.13 bits per heavy atom. The number of nitrogens with zero attached hydrogens (tertiary/aromatic N) is 2. The third-order valence-electron chi connectivity index (χ3n) is 4.74. The van der Waals surface area contributed by atoms with E-state index in [4.69, 9.17) is 0 Å². The van der Waals surface area contributed by atoms with Crippen LogP contribution in [-0.4, -0.2) is 51.1 Å². The molecule has 2 aromatic rings. The lowest BCUT2D eigenvalue weighted by Gasteiger charge is -2.21. The molecule has 3 N–H and O–H groups in total. The van der Waals surface area contributed by atoms with E-state index < -0.39 is 11.6 Å². The maximum Gasteiger partial charge on any atom is 0.251 e. The van der Waals surface area contributed by atoms with Crippen LogP contribution in [0.15, 0.2) is 53.5 Å². The fraction of sp³-hybridized carbons (Fsp3) is 0.333. The molecule has 0 saturated carbocycles. The van der Waals surface area contributed by atoms with Crippen molar-refractivity contribution in [2.45, 2.75) is 12.5 Å². The molecule has 1 saturated heterocycles. The minimum Gasteiger partial charge on any atom is -0.367 e. The standard InChI is InChI=1S/C21H25F2N5O.HI/c1-24-21(26-11-10-25-20(29)15-5-3-2-4-6-15)27-17-9-12-28(14-17)19-8-7-16(22)13-18(19)23;/h2-8,13,17H,9-12,14H2,1H3,(H,25,29)(H2,24,26,27);1H. The van der Waals surface area contributed by atoms with Crippen molar-refractivity contribution >= 4 is 41.5 Å². The molecule has 0 aliphatic carbocycles. The summed E-state index contributed by atoms with van der Waals surface area (Å²) in [5.74, 6) is -0.639. The Morgan fingerprint density at radius 3 is 2.57 bits per heavy atom.